The van der Waals surface area contributed by atoms with Crippen molar-refractivity contribution in [2.75, 3.05) is 32.7 Å². The molecule has 152 valence electrons. The molecular formula is C21H38N6. The number of imidazole rings is 1. The van der Waals surface area contributed by atoms with Crippen LogP contribution in [-0.2, 0) is 6.54 Å². The summed E-state index contributed by atoms with van der Waals surface area (Å²) in [5, 5.41) is 6.97. The second kappa shape index (κ2) is 10.7. The number of piperidine rings is 1. The van der Waals surface area contributed by atoms with Crippen molar-refractivity contribution in [3.8, 4) is 0 Å². The molecule has 0 aromatic carbocycles. The van der Waals surface area contributed by atoms with Crippen LogP contribution in [-0.4, -0.2) is 58.7 Å². The largest absolute Gasteiger partial charge is 0.357 e. The smallest absolute Gasteiger partial charge is 0.191 e. The minimum atomic E-state index is 0.303. The predicted molar refractivity (Wildman–Crippen MR) is 112 cm³/mol. The summed E-state index contributed by atoms with van der Waals surface area (Å²) in [6, 6.07) is 0. The number of aromatic nitrogens is 2. The molecule has 0 radical (unpaired) electrons. The van der Waals surface area contributed by atoms with Gasteiger partial charge in [-0.15, -0.1) is 0 Å². The Hall–Kier alpha value is -1.56. The second-order valence-corrected chi connectivity index (χ2v) is 8.11. The van der Waals surface area contributed by atoms with E-state index >= 15 is 0 Å². The summed E-state index contributed by atoms with van der Waals surface area (Å²) < 4.78 is 2.12. The quantitative estimate of drug-likeness (QED) is 0.417. The maximum absolute atomic E-state index is 5.05. The highest BCUT2D eigenvalue weighted by Gasteiger charge is 2.38. The Morgan fingerprint density at radius 1 is 1.07 bits per heavy atom. The lowest BCUT2D eigenvalue weighted by Crippen LogP contribution is -2.54. The highest BCUT2D eigenvalue weighted by atomic mass is 15.2. The molecule has 0 bridgehead atoms. The zero-order valence-electron chi connectivity index (χ0n) is 17.1. The van der Waals surface area contributed by atoms with E-state index in [4.69, 9.17) is 4.99 Å². The fourth-order valence-electron chi connectivity index (χ4n) is 4.61. The van der Waals surface area contributed by atoms with Gasteiger partial charge >= 0.3 is 0 Å². The molecular weight excluding hydrogens is 336 g/mol. The van der Waals surface area contributed by atoms with Crippen molar-refractivity contribution in [1.29, 1.82) is 0 Å². The first-order valence-corrected chi connectivity index (χ1v) is 11.1. The van der Waals surface area contributed by atoms with Crippen molar-refractivity contribution in [2.24, 2.45) is 4.99 Å². The molecule has 2 aliphatic rings. The Balaban J connectivity index is 1.55. The highest BCUT2D eigenvalue weighted by Crippen LogP contribution is 2.35. The van der Waals surface area contributed by atoms with E-state index in [1.165, 1.54) is 64.5 Å². The zero-order chi connectivity index (χ0) is 18.8. The summed E-state index contributed by atoms with van der Waals surface area (Å²) in [5.74, 6) is 0.977. The van der Waals surface area contributed by atoms with E-state index in [9.17, 15) is 0 Å². The van der Waals surface area contributed by atoms with Gasteiger partial charge in [0.15, 0.2) is 5.96 Å². The number of aliphatic imine (C=N–C) groups is 1. The van der Waals surface area contributed by atoms with Gasteiger partial charge in [0.1, 0.15) is 0 Å². The van der Waals surface area contributed by atoms with Crippen LogP contribution in [0.4, 0.5) is 0 Å². The Labute approximate surface area is 164 Å². The molecule has 1 aromatic heterocycles. The number of likely N-dealkylation sites (tertiary alicyclic amines) is 1. The molecule has 2 N–H and O–H groups in total. The molecule has 1 aliphatic carbocycles. The van der Waals surface area contributed by atoms with Crippen molar-refractivity contribution in [1.82, 2.24) is 25.1 Å². The predicted octanol–water partition coefficient (Wildman–Crippen LogP) is 3.02. The van der Waals surface area contributed by atoms with Crippen molar-refractivity contribution in [3.63, 3.8) is 0 Å². The van der Waals surface area contributed by atoms with Crippen LogP contribution in [0.3, 0.4) is 0 Å². The van der Waals surface area contributed by atoms with Crippen molar-refractivity contribution >= 4 is 5.96 Å². The molecule has 1 aromatic rings. The van der Waals surface area contributed by atoms with Gasteiger partial charge in [0.05, 0.1) is 12.9 Å². The summed E-state index contributed by atoms with van der Waals surface area (Å²) in [6.45, 7) is 8.44. The van der Waals surface area contributed by atoms with Crippen LogP contribution < -0.4 is 10.6 Å². The third-order valence-electron chi connectivity index (χ3n) is 6.13. The first-order valence-electron chi connectivity index (χ1n) is 11.1. The third-order valence-corrected chi connectivity index (χ3v) is 6.13. The van der Waals surface area contributed by atoms with Crippen LogP contribution in [0.15, 0.2) is 23.7 Å². The van der Waals surface area contributed by atoms with Gasteiger partial charge in [0.25, 0.3) is 0 Å². The molecule has 2 fully saturated rings. The first kappa shape index (κ1) is 20.2. The van der Waals surface area contributed by atoms with E-state index in [1.807, 2.05) is 18.7 Å². The molecule has 2 heterocycles. The van der Waals surface area contributed by atoms with Crippen LogP contribution in [0, 0.1) is 0 Å². The van der Waals surface area contributed by atoms with E-state index in [0.29, 0.717) is 5.54 Å². The van der Waals surface area contributed by atoms with Gasteiger partial charge in [-0.3, -0.25) is 9.89 Å². The number of guanidine groups is 1. The first-order chi connectivity index (χ1) is 13.3. The third kappa shape index (κ3) is 5.96. The number of hydrogen-bond acceptors (Lipinski definition) is 3. The van der Waals surface area contributed by atoms with Crippen molar-refractivity contribution < 1.29 is 0 Å². The lowest BCUT2D eigenvalue weighted by atomic mass is 9.79. The molecule has 1 saturated heterocycles. The molecule has 1 saturated carbocycles. The summed E-state index contributed by atoms with van der Waals surface area (Å²) >= 11 is 0. The summed E-state index contributed by atoms with van der Waals surface area (Å²) in [6.07, 6.45) is 17.7. The van der Waals surface area contributed by atoms with Gasteiger partial charge in [0.2, 0.25) is 0 Å². The average molecular weight is 375 g/mol. The SMILES string of the molecule is CCNC(=NCC1(N2CCCCC2)CCCCC1)NCCCn1ccnc1. The highest BCUT2D eigenvalue weighted by molar-refractivity contribution is 5.79. The standard InChI is InChI=1S/C21H38N6/c1-2-23-20(24-12-9-14-26-17-13-22-19-26)25-18-21(10-5-3-6-11-21)27-15-7-4-8-16-27/h13,17,19H,2-12,14-16,18H2,1H3,(H2,23,24,25). The Morgan fingerprint density at radius 3 is 2.56 bits per heavy atom. The van der Waals surface area contributed by atoms with Crippen LogP contribution in [0.25, 0.3) is 0 Å². The molecule has 3 rings (SSSR count). The van der Waals surface area contributed by atoms with E-state index in [0.717, 1.165) is 38.6 Å². The normalized spacial score (nSPS) is 21.1. The van der Waals surface area contributed by atoms with Gasteiger partial charge < -0.3 is 15.2 Å². The van der Waals surface area contributed by atoms with Crippen LogP contribution in [0.5, 0.6) is 0 Å². The molecule has 1 aliphatic heterocycles. The Morgan fingerprint density at radius 2 is 1.85 bits per heavy atom. The van der Waals surface area contributed by atoms with Gasteiger partial charge in [-0.05, 0) is 52.1 Å². The summed E-state index contributed by atoms with van der Waals surface area (Å²) in [7, 11) is 0. The van der Waals surface area contributed by atoms with E-state index in [1.54, 1.807) is 0 Å². The monoisotopic (exact) mass is 374 g/mol. The van der Waals surface area contributed by atoms with Gasteiger partial charge in [0, 0.05) is 37.6 Å². The molecule has 0 unspecified atom stereocenters. The molecule has 0 spiro atoms. The van der Waals surface area contributed by atoms with Crippen LogP contribution in [0.2, 0.25) is 0 Å². The van der Waals surface area contributed by atoms with E-state index in [2.05, 4.69) is 32.0 Å². The number of hydrogen-bond donors (Lipinski definition) is 2. The van der Waals surface area contributed by atoms with E-state index in [-0.39, 0.29) is 0 Å². The van der Waals surface area contributed by atoms with Gasteiger partial charge in [-0.25, -0.2) is 4.98 Å². The molecule has 0 atom stereocenters. The molecule has 0 amide bonds. The second-order valence-electron chi connectivity index (χ2n) is 8.11. The zero-order valence-corrected chi connectivity index (χ0v) is 17.1. The molecule has 27 heavy (non-hydrogen) atoms. The summed E-state index contributed by atoms with van der Waals surface area (Å²) in [4.78, 5) is 11.9. The lowest BCUT2D eigenvalue weighted by Gasteiger charge is -2.47. The average Bonchev–Trinajstić information content (AvgIpc) is 3.24. The van der Waals surface area contributed by atoms with Gasteiger partial charge in [-0.2, -0.15) is 0 Å². The molecule has 6 heteroatoms. The fraction of sp³-hybridized carbons (Fsp3) is 0.810. The Kier molecular flexibility index (Phi) is 7.99. The fourth-order valence-corrected chi connectivity index (χ4v) is 4.61. The number of nitrogens with one attached hydrogen (secondary N) is 2. The van der Waals surface area contributed by atoms with Crippen molar-refractivity contribution in [3.05, 3.63) is 18.7 Å². The van der Waals surface area contributed by atoms with Crippen LogP contribution >= 0.6 is 0 Å². The van der Waals surface area contributed by atoms with Crippen LogP contribution in [0.1, 0.15) is 64.7 Å². The molecule has 6 nitrogen and oxygen atoms in total. The summed E-state index contributed by atoms with van der Waals surface area (Å²) in [5.41, 5.74) is 0.303. The number of nitrogens with zero attached hydrogens (tertiary/aromatic N) is 4. The number of rotatable bonds is 8. The number of aryl methyl sites for hydroxylation is 1. The van der Waals surface area contributed by atoms with Gasteiger partial charge in [-0.1, -0.05) is 25.7 Å². The minimum absolute atomic E-state index is 0.303. The van der Waals surface area contributed by atoms with Crippen molar-refractivity contribution in [2.45, 2.75) is 76.8 Å². The topological polar surface area (TPSA) is 57.5 Å². The lowest BCUT2D eigenvalue weighted by molar-refractivity contribution is 0.0407. The Bertz CT molecular complexity index is 541. The van der Waals surface area contributed by atoms with E-state index < -0.39 is 0 Å². The maximum Gasteiger partial charge on any atom is 0.191 e. The minimum Gasteiger partial charge on any atom is -0.357 e. The maximum atomic E-state index is 5.05.